The highest BCUT2D eigenvalue weighted by molar-refractivity contribution is 5.76. The quantitative estimate of drug-likeness (QED) is 0.709. The number of carbonyl (C=O) groups excluding carboxylic acids is 1. The lowest BCUT2D eigenvalue weighted by molar-refractivity contribution is -0.131. The summed E-state index contributed by atoms with van der Waals surface area (Å²) in [5.74, 6) is 2.77. The van der Waals surface area contributed by atoms with Gasteiger partial charge in [-0.15, -0.1) is 0 Å². The maximum absolute atomic E-state index is 12.7. The highest BCUT2D eigenvalue weighted by Crippen LogP contribution is 2.21. The molecule has 9 nitrogen and oxygen atoms in total. The van der Waals surface area contributed by atoms with Gasteiger partial charge in [-0.1, -0.05) is 5.16 Å². The first-order valence-corrected chi connectivity index (χ1v) is 11.1. The van der Waals surface area contributed by atoms with Gasteiger partial charge in [0.15, 0.2) is 0 Å². The third-order valence-corrected chi connectivity index (χ3v) is 6.34. The van der Waals surface area contributed by atoms with Crippen LogP contribution in [0, 0.1) is 20.8 Å². The Morgan fingerprint density at radius 3 is 2.29 bits per heavy atom. The van der Waals surface area contributed by atoms with Crippen molar-refractivity contribution in [2.75, 3.05) is 69.2 Å². The molecular formula is C22H33N7O2. The van der Waals surface area contributed by atoms with Crippen molar-refractivity contribution >= 4 is 17.7 Å². The molecule has 0 atom stereocenters. The van der Waals surface area contributed by atoms with Gasteiger partial charge in [0, 0.05) is 76.1 Å². The topological polar surface area (TPSA) is 81.8 Å². The van der Waals surface area contributed by atoms with Gasteiger partial charge in [0.2, 0.25) is 11.9 Å². The average Bonchev–Trinajstić information content (AvgIpc) is 3.09. The van der Waals surface area contributed by atoms with Crippen molar-refractivity contribution in [3.63, 3.8) is 0 Å². The highest BCUT2D eigenvalue weighted by atomic mass is 16.5. The molecule has 2 fully saturated rings. The SMILES string of the molecule is Cc1cc(N2CCN(C)CC2)nc(N2CCN(C(=O)CCc3c(C)noc3C)CC2)n1. The first-order valence-electron chi connectivity index (χ1n) is 11.1. The Hall–Kier alpha value is -2.68. The van der Waals surface area contributed by atoms with Crippen LogP contribution in [0.15, 0.2) is 10.6 Å². The van der Waals surface area contributed by atoms with Crippen molar-refractivity contribution in [1.82, 2.24) is 24.9 Å². The molecular weight excluding hydrogens is 394 g/mol. The van der Waals surface area contributed by atoms with Crippen LogP contribution in [0.1, 0.15) is 29.1 Å². The molecule has 0 aromatic carbocycles. The molecule has 2 saturated heterocycles. The van der Waals surface area contributed by atoms with Crippen LogP contribution < -0.4 is 9.80 Å². The number of carbonyl (C=O) groups is 1. The Bertz CT molecular complexity index is 893. The van der Waals surface area contributed by atoms with E-state index in [9.17, 15) is 4.79 Å². The van der Waals surface area contributed by atoms with E-state index in [0.29, 0.717) is 25.9 Å². The fraction of sp³-hybridized carbons (Fsp3) is 0.636. The van der Waals surface area contributed by atoms with Crippen LogP contribution in [-0.4, -0.2) is 90.2 Å². The lowest BCUT2D eigenvalue weighted by Gasteiger charge is -2.36. The van der Waals surface area contributed by atoms with Gasteiger partial charge in [0.1, 0.15) is 11.6 Å². The number of aromatic nitrogens is 3. The van der Waals surface area contributed by atoms with Crippen LogP contribution in [0.3, 0.4) is 0 Å². The van der Waals surface area contributed by atoms with E-state index in [1.165, 1.54) is 0 Å². The molecule has 2 aliphatic heterocycles. The molecule has 0 aliphatic carbocycles. The summed E-state index contributed by atoms with van der Waals surface area (Å²) in [6, 6.07) is 2.07. The Balaban J connectivity index is 1.33. The summed E-state index contributed by atoms with van der Waals surface area (Å²) in [7, 11) is 2.16. The van der Waals surface area contributed by atoms with E-state index in [1.807, 2.05) is 25.7 Å². The highest BCUT2D eigenvalue weighted by Gasteiger charge is 2.24. The molecule has 31 heavy (non-hydrogen) atoms. The van der Waals surface area contributed by atoms with Gasteiger partial charge >= 0.3 is 0 Å². The van der Waals surface area contributed by atoms with Gasteiger partial charge < -0.3 is 24.1 Å². The number of rotatable bonds is 5. The van der Waals surface area contributed by atoms with Gasteiger partial charge in [-0.2, -0.15) is 4.98 Å². The molecule has 0 N–H and O–H groups in total. The Morgan fingerprint density at radius 1 is 0.968 bits per heavy atom. The molecule has 0 unspecified atom stereocenters. The van der Waals surface area contributed by atoms with Gasteiger partial charge in [-0.3, -0.25) is 4.79 Å². The molecule has 2 aromatic heterocycles. The zero-order valence-corrected chi connectivity index (χ0v) is 19.1. The van der Waals surface area contributed by atoms with E-state index in [2.05, 4.69) is 38.0 Å². The minimum Gasteiger partial charge on any atom is -0.361 e. The molecule has 0 spiro atoms. The second kappa shape index (κ2) is 9.21. The van der Waals surface area contributed by atoms with Crippen LogP contribution in [0.5, 0.6) is 0 Å². The molecule has 2 aliphatic rings. The first kappa shape index (κ1) is 21.5. The van der Waals surface area contributed by atoms with Crippen LogP contribution >= 0.6 is 0 Å². The summed E-state index contributed by atoms with van der Waals surface area (Å²) in [5.41, 5.74) is 2.91. The number of amides is 1. The minimum atomic E-state index is 0.183. The second-order valence-corrected chi connectivity index (χ2v) is 8.63. The van der Waals surface area contributed by atoms with E-state index >= 15 is 0 Å². The van der Waals surface area contributed by atoms with Gasteiger partial charge in [0.25, 0.3) is 0 Å². The molecule has 1 amide bonds. The first-order chi connectivity index (χ1) is 14.9. The summed E-state index contributed by atoms with van der Waals surface area (Å²) in [4.78, 5) is 31.1. The summed E-state index contributed by atoms with van der Waals surface area (Å²) < 4.78 is 5.20. The van der Waals surface area contributed by atoms with Gasteiger partial charge in [0.05, 0.1) is 5.69 Å². The normalized spacial score (nSPS) is 18.0. The largest absolute Gasteiger partial charge is 0.361 e. The minimum absolute atomic E-state index is 0.183. The molecule has 0 saturated carbocycles. The zero-order valence-electron chi connectivity index (χ0n) is 19.1. The summed E-state index contributed by atoms with van der Waals surface area (Å²) in [6.45, 7) is 12.8. The predicted octanol–water partition coefficient (Wildman–Crippen LogP) is 1.42. The third-order valence-electron chi connectivity index (χ3n) is 6.34. The van der Waals surface area contributed by atoms with Crippen molar-refractivity contribution in [3.05, 3.63) is 28.8 Å². The molecule has 0 bridgehead atoms. The molecule has 0 radical (unpaired) electrons. The number of likely N-dealkylation sites (N-methyl/N-ethyl adjacent to an activating group) is 1. The van der Waals surface area contributed by atoms with Crippen molar-refractivity contribution in [2.24, 2.45) is 0 Å². The number of anilines is 2. The van der Waals surface area contributed by atoms with Crippen molar-refractivity contribution in [2.45, 2.75) is 33.6 Å². The predicted molar refractivity (Wildman–Crippen MR) is 120 cm³/mol. The number of nitrogens with zero attached hydrogens (tertiary/aromatic N) is 7. The monoisotopic (exact) mass is 427 g/mol. The lowest BCUT2D eigenvalue weighted by Crippen LogP contribution is -2.49. The number of piperazine rings is 2. The average molecular weight is 428 g/mol. The van der Waals surface area contributed by atoms with Crippen LogP contribution in [-0.2, 0) is 11.2 Å². The van der Waals surface area contributed by atoms with Gasteiger partial charge in [-0.25, -0.2) is 4.98 Å². The molecule has 168 valence electrons. The van der Waals surface area contributed by atoms with Crippen LogP contribution in [0.4, 0.5) is 11.8 Å². The molecule has 2 aromatic rings. The Kier molecular flexibility index (Phi) is 6.41. The summed E-state index contributed by atoms with van der Waals surface area (Å²) >= 11 is 0. The Labute approximate surface area is 184 Å². The number of hydrogen-bond acceptors (Lipinski definition) is 8. The fourth-order valence-electron chi connectivity index (χ4n) is 4.28. The molecule has 9 heteroatoms. The van der Waals surface area contributed by atoms with E-state index in [0.717, 1.165) is 73.7 Å². The summed E-state index contributed by atoms with van der Waals surface area (Å²) in [6.07, 6.45) is 1.16. The van der Waals surface area contributed by atoms with Crippen molar-refractivity contribution in [1.29, 1.82) is 0 Å². The lowest BCUT2D eigenvalue weighted by atomic mass is 10.1. The van der Waals surface area contributed by atoms with Crippen LogP contribution in [0.2, 0.25) is 0 Å². The number of aryl methyl sites for hydroxylation is 3. The maximum Gasteiger partial charge on any atom is 0.227 e. The smallest absolute Gasteiger partial charge is 0.227 e. The van der Waals surface area contributed by atoms with Crippen LogP contribution in [0.25, 0.3) is 0 Å². The van der Waals surface area contributed by atoms with E-state index in [4.69, 9.17) is 9.51 Å². The van der Waals surface area contributed by atoms with E-state index < -0.39 is 0 Å². The molecule has 4 rings (SSSR count). The van der Waals surface area contributed by atoms with Crippen molar-refractivity contribution in [3.8, 4) is 0 Å². The second-order valence-electron chi connectivity index (χ2n) is 8.63. The Morgan fingerprint density at radius 2 is 1.65 bits per heavy atom. The third kappa shape index (κ3) is 4.98. The zero-order chi connectivity index (χ0) is 22.0. The standard InChI is InChI=1S/C22H33N7O2/c1-16-15-20(27-9-7-26(4)8-10-27)24-22(23-16)29-13-11-28(12-14-29)21(30)6-5-19-17(2)25-31-18(19)3/h15H,5-14H2,1-4H3. The van der Waals surface area contributed by atoms with Crippen molar-refractivity contribution < 1.29 is 9.32 Å². The summed E-state index contributed by atoms with van der Waals surface area (Å²) in [5, 5.41) is 3.98. The van der Waals surface area contributed by atoms with Gasteiger partial charge in [-0.05, 0) is 34.2 Å². The fourth-order valence-corrected chi connectivity index (χ4v) is 4.28. The van der Waals surface area contributed by atoms with E-state index in [1.54, 1.807) is 0 Å². The maximum atomic E-state index is 12.7. The number of hydrogen-bond donors (Lipinski definition) is 0. The van der Waals surface area contributed by atoms with E-state index in [-0.39, 0.29) is 5.91 Å². The molecule has 4 heterocycles.